The number of carbonyl (C=O) groups excluding carboxylic acids is 1. The molecule has 1 rings (SSSR count). The summed E-state index contributed by atoms with van der Waals surface area (Å²) < 4.78 is 5.44. The van der Waals surface area contributed by atoms with Crippen LogP contribution in [-0.4, -0.2) is 67.7 Å². The second kappa shape index (κ2) is 12.4. The largest absolute Gasteiger partial charge is 0.444 e. The van der Waals surface area contributed by atoms with Crippen LogP contribution in [-0.2, 0) is 4.74 Å². The molecule has 1 aliphatic rings. The molecule has 0 aromatic heterocycles. The number of allylic oxidation sites excluding steroid dienone is 1. The molecule has 1 amide bonds. The van der Waals surface area contributed by atoms with Gasteiger partial charge in [0.2, 0.25) is 0 Å². The zero-order valence-corrected chi connectivity index (χ0v) is 19.4. The molecule has 0 atom stereocenters. The van der Waals surface area contributed by atoms with E-state index in [0.717, 1.165) is 57.8 Å². The summed E-state index contributed by atoms with van der Waals surface area (Å²) in [6.45, 7) is 12.8. The second-order valence-electron chi connectivity index (χ2n) is 7.69. The Morgan fingerprint density at radius 3 is 2.50 bits per heavy atom. The molecule has 1 aliphatic heterocycles. The van der Waals surface area contributed by atoms with Gasteiger partial charge in [-0.15, -0.1) is 30.6 Å². The molecule has 0 aromatic rings. The van der Waals surface area contributed by atoms with Gasteiger partial charge in [0, 0.05) is 40.3 Å². The van der Waals surface area contributed by atoms with Crippen molar-refractivity contribution in [2.24, 2.45) is 10.9 Å². The smallest absolute Gasteiger partial charge is 0.410 e. The first kappa shape index (κ1) is 25.0. The number of amides is 1. The van der Waals surface area contributed by atoms with Crippen LogP contribution in [0.3, 0.4) is 0 Å². The number of halogens is 1. The summed E-state index contributed by atoms with van der Waals surface area (Å²) in [7, 11) is 3.88. The van der Waals surface area contributed by atoms with Crippen molar-refractivity contribution in [2.75, 3.05) is 40.3 Å². The van der Waals surface area contributed by atoms with Crippen LogP contribution in [0.5, 0.6) is 0 Å². The van der Waals surface area contributed by atoms with E-state index in [1.165, 1.54) is 0 Å². The highest BCUT2D eigenvalue weighted by Crippen LogP contribution is 2.19. The van der Waals surface area contributed by atoms with Gasteiger partial charge in [0.1, 0.15) is 5.60 Å². The summed E-state index contributed by atoms with van der Waals surface area (Å²) in [5, 5.41) is 3.46. The predicted octanol–water partition coefficient (Wildman–Crippen LogP) is 3.72. The van der Waals surface area contributed by atoms with Gasteiger partial charge in [-0.25, -0.2) is 4.79 Å². The van der Waals surface area contributed by atoms with Gasteiger partial charge in [-0.2, -0.15) is 0 Å². The van der Waals surface area contributed by atoms with Gasteiger partial charge in [-0.05, 0) is 52.4 Å². The third kappa shape index (κ3) is 9.64. The molecule has 1 N–H and O–H groups in total. The first-order chi connectivity index (χ1) is 11.8. The monoisotopic (exact) mass is 480 g/mol. The molecule has 7 heteroatoms. The maximum atomic E-state index is 12.1. The van der Waals surface area contributed by atoms with Crippen LogP contribution in [0.4, 0.5) is 4.79 Å². The summed E-state index contributed by atoms with van der Waals surface area (Å²) in [5.74, 6) is 1.48. The lowest BCUT2D eigenvalue weighted by atomic mass is 9.97. The number of hydrogen-bond acceptors (Lipinski definition) is 3. The van der Waals surface area contributed by atoms with Crippen molar-refractivity contribution in [1.82, 2.24) is 15.1 Å². The zero-order chi connectivity index (χ0) is 18.9. The molecule has 1 heterocycles. The van der Waals surface area contributed by atoms with Crippen molar-refractivity contribution in [3.63, 3.8) is 0 Å². The molecular weight excluding hydrogens is 443 g/mol. The van der Waals surface area contributed by atoms with Crippen LogP contribution in [0.1, 0.15) is 46.5 Å². The molecular formula is C19H37IN4O2. The highest BCUT2D eigenvalue weighted by molar-refractivity contribution is 14.0. The molecule has 6 nitrogen and oxygen atoms in total. The van der Waals surface area contributed by atoms with Crippen molar-refractivity contribution < 1.29 is 9.53 Å². The number of unbranched alkanes of at least 4 members (excludes halogenated alkanes) is 1. The molecule has 0 bridgehead atoms. The van der Waals surface area contributed by atoms with Crippen LogP contribution < -0.4 is 5.32 Å². The van der Waals surface area contributed by atoms with E-state index in [2.05, 4.69) is 28.8 Å². The third-order valence-electron chi connectivity index (χ3n) is 4.29. The van der Waals surface area contributed by atoms with Gasteiger partial charge in [0.15, 0.2) is 5.96 Å². The standard InChI is InChI=1S/C19H36N4O2.HI/c1-7-8-9-12-22(6)17(20-5)21-15-16-10-13-23(14-11-16)18(24)25-19(2,3)4;/h7,16H,1,8-15H2,2-6H3,(H,20,21);1H. The number of likely N-dealkylation sites (tertiary alicyclic amines) is 1. The summed E-state index contributed by atoms with van der Waals surface area (Å²) in [6.07, 6.45) is 5.83. The summed E-state index contributed by atoms with van der Waals surface area (Å²) in [4.78, 5) is 20.4. The van der Waals surface area contributed by atoms with Gasteiger partial charge in [-0.1, -0.05) is 6.08 Å². The van der Waals surface area contributed by atoms with E-state index in [-0.39, 0.29) is 30.1 Å². The lowest BCUT2D eigenvalue weighted by molar-refractivity contribution is 0.0185. The van der Waals surface area contributed by atoms with Crippen LogP contribution in [0.15, 0.2) is 17.6 Å². The van der Waals surface area contributed by atoms with Crippen molar-refractivity contribution >= 4 is 36.0 Å². The molecule has 0 aromatic carbocycles. The second-order valence-corrected chi connectivity index (χ2v) is 7.69. The maximum absolute atomic E-state index is 12.1. The molecule has 1 saturated heterocycles. The number of piperidine rings is 1. The average Bonchev–Trinajstić information content (AvgIpc) is 2.54. The molecule has 0 spiro atoms. The zero-order valence-electron chi connectivity index (χ0n) is 17.1. The Morgan fingerprint density at radius 1 is 1.38 bits per heavy atom. The highest BCUT2D eigenvalue weighted by atomic mass is 127. The number of nitrogens with zero attached hydrogens (tertiary/aromatic N) is 3. The van der Waals surface area contributed by atoms with Crippen LogP contribution in [0.25, 0.3) is 0 Å². The Kier molecular flexibility index (Phi) is 11.9. The summed E-state index contributed by atoms with van der Waals surface area (Å²) >= 11 is 0. The fourth-order valence-corrected chi connectivity index (χ4v) is 2.85. The lowest BCUT2D eigenvalue weighted by Crippen LogP contribution is -2.45. The van der Waals surface area contributed by atoms with Gasteiger partial charge in [-0.3, -0.25) is 4.99 Å². The van der Waals surface area contributed by atoms with Crippen molar-refractivity contribution in [2.45, 2.75) is 52.1 Å². The predicted molar refractivity (Wildman–Crippen MR) is 119 cm³/mol. The Labute approximate surface area is 176 Å². The van der Waals surface area contributed by atoms with Gasteiger partial charge in [0.25, 0.3) is 0 Å². The third-order valence-corrected chi connectivity index (χ3v) is 4.29. The molecule has 0 unspecified atom stereocenters. The Hall–Kier alpha value is -0.990. The lowest BCUT2D eigenvalue weighted by Gasteiger charge is -2.34. The molecule has 1 fully saturated rings. The van der Waals surface area contributed by atoms with Crippen LogP contribution in [0.2, 0.25) is 0 Å². The summed E-state index contributed by atoms with van der Waals surface area (Å²) in [6, 6.07) is 0. The normalized spacial score (nSPS) is 15.9. The van der Waals surface area contributed by atoms with Gasteiger partial charge < -0.3 is 19.9 Å². The molecule has 0 aliphatic carbocycles. The molecule has 26 heavy (non-hydrogen) atoms. The minimum Gasteiger partial charge on any atom is -0.444 e. The number of nitrogens with one attached hydrogen (secondary N) is 1. The minimum absolute atomic E-state index is 0. The van der Waals surface area contributed by atoms with Gasteiger partial charge in [0.05, 0.1) is 0 Å². The minimum atomic E-state index is -0.432. The Morgan fingerprint density at radius 2 is 2.00 bits per heavy atom. The number of rotatable bonds is 6. The fraction of sp³-hybridized carbons (Fsp3) is 0.789. The van der Waals surface area contributed by atoms with Crippen LogP contribution >= 0.6 is 24.0 Å². The number of carbonyl (C=O) groups is 1. The molecule has 0 saturated carbocycles. The van der Waals surface area contributed by atoms with E-state index in [4.69, 9.17) is 4.74 Å². The highest BCUT2D eigenvalue weighted by Gasteiger charge is 2.26. The van der Waals surface area contributed by atoms with Crippen LogP contribution in [0, 0.1) is 5.92 Å². The Bertz CT molecular complexity index is 455. The first-order valence-electron chi connectivity index (χ1n) is 9.27. The van der Waals surface area contributed by atoms with Gasteiger partial charge >= 0.3 is 6.09 Å². The SMILES string of the molecule is C=CCCCN(C)C(=NC)NCC1CCN(C(=O)OC(C)(C)C)CC1.I. The van der Waals surface area contributed by atoms with Crippen molar-refractivity contribution in [3.05, 3.63) is 12.7 Å². The number of hydrogen-bond donors (Lipinski definition) is 1. The molecule has 152 valence electrons. The van der Waals surface area contributed by atoms with E-state index in [1.54, 1.807) is 0 Å². The van der Waals surface area contributed by atoms with E-state index in [1.807, 2.05) is 38.8 Å². The van der Waals surface area contributed by atoms with Crippen molar-refractivity contribution in [1.29, 1.82) is 0 Å². The maximum Gasteiger partial charge on any atom is 0.410 e. The van der Waals surface area contributed by atoms with E-state index < -0.39 is 5.60 Å². The van der Waals surface area contributed by atoms with E-state index in [9.17, 15) is 4.79 Å². The molecule has 0 radical (unpaired) electrons. The van der Waals surface area contributed by atoms with E-state index >= 15 is 0 Å². The average molecular weight is 480 g/mol. The topological polar surface area (TPSA) is 57.2 Å². The summed E-state index contributed by atoms with van der Waals surface area (Å²) in [5.41, 5.74) is -0.432. The number of aliphatic imine (C=N–C) groups is 1. The number of guanidine groups is 1. The van der Waals surface area contributed by atoms with Crippen molar-refractivity contribution in [3.8, 4) is 0 Å². The number of ether oxygens (including phenoxy) is 1. The van der Waals surface area contributed by atoms with E-state index in [0.29, 0.717) is 5.92 Å². The Balaban J connectivity index is 0.00000625. The fourth-order valence-electron chi connectivity index (χ4n) is 2.85. The first-order valence-corrected chi connectivity index (χ1v) is 9.27. The quantitative estimate of drug-likeness (QED) is 0.207.